The molecule has 0 bridgehead atoms. The molecule has 134 valence electrons. The number of nitrogens with one attached hydrogen (secondary N) is 1. The van der Waals surface area contributed by atoms with Crippen molar-refractivity contribution in [3.05, 3.63) is 93.4 Å². The molecule has 3 aromatic rings. The van der Waals surface area contributed by atoms with Crippen molar-refractivity contribution in [3.8, 4) is 0 Å². The third kappa shape index (κ3) is 4.85. The number of H-pyrrole nitrogens is 1. The summed E-state index contributed by atoms with van der Waals surface area (Å²) >= 11 is 1.61. The Hall–Kier alpha value is -2.33. The molecule has 0 unspecified atom stereocenters. The summed E-state index contributed by atoms with van der Waals surface area (Å²) in [5.41, 5.74) is 4.14. The van der Waals surface area contributed by atoms with Crippen LogP contribution in [0.25, 0.3) is 0 Å². The lowest BCUT2D eigenvalue weighted by molar-refractivity contribution is 0.764. The second-order valence-corrected chi connectivity index (χ2v) is 7.72. The summed E-state index contributed by atoms with van der Waals surface area (Å²) in [5.74, 6) is 1.03. The zero-order chi connectivity index (χ0) is 18.4. The smallest absolute Gasteiger partial charge is 0.255 e. The maximum atomic E-state index is 12.6. The van der Waals surface area contributed by atoms with Gasteiger partial charge in [-0.1, -0.05) is 86.3 Å². The van der Waals surface area contributed by atoms with Crippen LogP contribution in [0.3, 0.4) is 0 Å². The molecule has 4 heteroatoms. The molecule has 0 saturated carbocycles. The standard InChI is InChI=1S/C22H24N2OS/c1-16(2)20-19(15-18-11-7-4-8-12-18)23-22(24-21(20)25)26-14-13-17-9-5-3-6-10-17/h3-12,16H,13-15H2,1-2H3,(H,23,24,25). The molecule has 2 aromatic carbocycles. The van der Waals surface area contributed by atoms with E-state index in [1.54, 1.807) is 11.8 Å². The molecule has 0 aliphatic carbocycles. The topological polar surface area (TPSA) is 45.8 Å². The van der Waals surface area contributed by atoms with E-state index in [0.29, 0.717) is 11.6 Å². The highest BCUT2D eigenvalue weighted by Gasteiger charge is 2.15. The second kappa shape index (κ2) is 8.86. The summed E-state index contributed by atoms with van der Waals surface area (Å²) in [6, 6.07) is 20.6. The molecule has 1 aromatic heterocycles. The minimum Gasteiger partial charge on any atom is -0.301 e. The van der Waals surface area contributed by atoms with Crippen LogP contribution in [0.5, 0.6) is 0 Å². The maximum Gasteiger partial charge on any atom is 0.255 e. The number of hydrogen-bond donors (Lipinski definition) is 1. The highest BCUT2D eigenvalue weighted by atomic mass is 32.2. The summed E-state index contributed by atoms with van der Waals surface area (Å²) < 4.78 is 0. The first-order valence-corrected chi connectivity index (χ1v) is 9.96. The van der Waals surface area contributed by atoms with E-state index in [1.807, 2.05) is 38.1 Å². The van der Waals surface area contributed by atoms with Crippen LogP contribution in [0.4, 0.5) is 0 Å². The van der Waals surface area contributed by atoms with Crippen LogP contribution in [0.15, 0.2) is 70.6 Å². The zero-order valence-electron chi connectivity index (χ0n) is 15.2. The molecule has 0 atom stereocenters. The van der Waals surface area contributed by atoms with Gasteiger partial charge in [0.25, 0.3) is 5.56 Å². The predicted molar refractivity (Wildman–Crippen MR) is 109 cm³/mol. The zero-order valence-corrected chi connectivity index (χ0v) is 16.1. The minimum atomic E-state index is -0.0110. The maximum absolute atomic E-state index is 12.6. The molecule has 3 nitrogen and oxygen atoms in total. The average Bonchev–Trinajstić information content (AvgIpc) is 2.63. The Balaban J connectivity index is 1.79. The van der Waals surface area contributed by atoms with Gasteiger partial charge < -0.3 is 4.98 Å². The largest absolute Gasteiger partial charge is 0.301 e. The van der Waals surface area contributed by atoms with Gasteiger partial charge in [-0.3, -0.25) is 4.79 Å². The molecule has 0 amide bonds. The van der Waals surface area contributed by atoms with E-state index in [2.05, 4.69) is 41.4 Å². The van der Waals surface area contributed by atoms with Gasteiger partial charge in [0.1, 0.15) is 0 Å². The number of aryl methyl sites for hydroxylation is 1. The molecule has 0 aliphatic heterocycles. The van der Waals surface area contributed by atoms with E-state index >= 15 is 0 Å². The van der Waals surface area contributed by atoms with Gasteiger partial charge in [0.2, 0.25) is 0 Å². The lowest BCUT2D eigenvalue weighted by Crippen LogP contribution is -2.20. The number of aromatic nitrogens is 2. The van der Waals surface area contributed by atoms with Crippen LogP contribution in [0.1, 0.15) is 42.1 Å². The summed E-state index contributed by atoms with van der Waals surface area (Å²) in [7, 11) is 0. The Bertz CT molecular complexity index is 889. The van der Waals surface area contributed by atoms with Crippen LogP contribution in [0.2, 0.25) is 0 Å². The molecule has 0 spiro atoms. The van der Waals surface area contributed by atoms with Crippen molar-refractivity contribution < 1.29 is 0 Å². The van der Waals surface area contributed by atoms with Crippen LogP contribution in [-0.4, -0.2) is 15.7 Å². The fraction of sp³-hybridized carbons (Fsp3) is 0.273. The van der Waals surface area contributed by atoms with Crippen molar-refractivity contribution in [2.24, 2.45) is 0 Å². The molecule has 1 heterocycles. The molecular formula is C22H24N2OS. The van der Waals surface area contributed by atoms with Crippen LogP contribution in [0, 0.1) is 0 Å². The molecular weight excluding hydrogens is 340 g/mol. The van der Waals surface area contributed by atoms with Crippen molar-refractivity contribution in [3.63, 3.8) is 0 Å². The molecule has 1 N–H and O–H groups in total. The average molecular weight is 365 g/mol. The Kier molecular flexibility index (Phi) is 6.29. The highest BCUT2D eigenvalue weighted by molar-refractivity contribution is 7.99. The first-order valence-electron chi connectivity index (χ1n) is 8.97. The summed E-state index contributed by atoms with van der Waals surface area (Å²) in [6.07, 6.45) is 1.64. The van der Waals surface area contributed by atoms with Crippen molar-refractivity contribution in [1.82, 2.24) is 9.97 Å². The lowest BCUT2D eigenvalue weighted by atomic mass is 9.99. The number of aromatic amines is 1. The highest BCUT2D eigenvalue weighted by Crippen LogP contribution is 2.21. The van der Waals surface area contributed by atoms with Crippen LogP contribution in [-0.2, 0) is 12.8 Å². The Morgan fingerprint density at radius 2 is 1.58 bits per heavy atom. The van der Waals surface area contributed by atoms with E-state index in [-0.39, 0.29) is 11.5 Å². The molecule has 0 aliphatic rings. The Morgan fingerprint density at radius 3 is 2.19 bits per heavy atom. The summed E-state index contributed by atoms with van der Waals surface area (Å²) in [6.45, 7) is 4.09. The molecule has 0 radical (unpaired) electrons. The van der Waals surface area contributed by atoms with Gasteiger partial charge in [-0.2, -0.15) is 0 Å². The van der Waals surface area contributed by atoms with Gasteiger partial charge in [-0.05, 0) is 23.5 Å². The van der Waals surface area contributed by atoms with Crippen molar-refractivity contribution in [2.45, 2.75) is 37.8 Å². The van der Waals surface area contributed by atoms with E-state index < -0.39 is 0 Å². The van der Waals surface area contributed by atoms with E-state index in [0.717, 1.165) is 23.4 Å². The van der Waals surface area contributed by atoms with Gasteiger partial charge in [-0.25, -0.2) is 4.98 Å². The second-order valence-electron chi connectivity index (χ2n) is 6.63. The lowest BCUT2D eigenvalue weighted by Gasteiger charge is -2.13. The monoisotopic (exact) mass is 364 g/mol. The molecule has 3 rings (SSSR count). The van der Waals surface area contributed by atoms with Crippen LogP contribution < -0.4 is 5.56 Å². The number of benzene rings is 2. The quantitative estimate of drug-likeness (QED) is 0.483. The Morgan fingerprint density at radius 1 is 0.962 bits per heavy atom. The number of hydrogen-bond acceptors (Lipinski definition) is 3. The number of rotatable bonds is 7. The van der Waals surface area contributed by atoms with Gasteiger partial charge in [0, 0.05) is 17.7 Å². The van der Waals surface area contributed by atoms with E-state index in [4.69, 9.17) is 4.98 Å². The number of thioether (sulfide) groups is 1. The van der Waals surface area contributed by atoms with Crippen molar-refractivity contribution in [1.29, 1.82) is 0 Å². The summed E-state index contributed by atoms with van der Waals surface area (Å²) in [4.78, 5) is 20.4. The van der Waals surface area contributed by atoms with Gasteiger partial charge in [0.15, 0.2) is 5.16 Å². The van der Waals surface area contributed by atoms with E-state index in [1.165, 1.54) is 11.1 Å². The first kappa shape index (κ1) is 18.5. The van der Waals surface area contributed by atoms with Crippen molar-refractivity contribution >= 4 is 11.8 Å². The molecule has 0 saturated heterocycles. The predicted octanol–water partition coefficient (Wildman–Crippen LogP) is 4.82. The third-order valence-electron chi connectivity index (χ3n) is 4.28. The first-order chi connectivity index (χ1) is 12.6. The van der Waals surface area contributed by atoms with Gasteiger partial charge in [-0.15, -0.1) is 0 Å². The SMILES string of the molecule is CC(C)c1c(Cc2ccccc2)nc(SCCc2ccccc2)[nH]c1=O. The van der Waals surface area contributed by atoms with Crippen LogP contribution >= 0.6 is 11.8 Å². The third-order valence-corrected chi connectivity index (χ3v) is 5.15. The van der Waals surface area contributed by atoms with Crippen molar-refractivity contribution in [2.75, 3.05) is 5.75 Å². The number of nitrogens with zero attached hydrogens (tertiary/aromatic N) is 1. The summed E-state index contributed by atoms with van der Waals surface area (Å²) in [5, 5.41) is 0.710. The fourth-order valence-electron chi connectivity index (χ4n) is 3.00. The van der Waals surface area contributed by atoms with Gasteiger partial charge in [0.05, 0.1) is 5.69 Å². The Labute approximate surface area is 158 Å². The molecule has 26 heavy (non-hydrogen) atoms. The minimum absolute atomic E-state index is 0.0110. The molecule has 0 fully saturated rings. The van der Waals surface area contributed by atoms with Gasteiger partial charge >= 0.3 is 0 Å². The normalized spacial score (nSPS) is 11.0. The van der Waals surface area contributed by atoms with E-state index in [9.17, 15) is 4.79 Å². The fourth-order valence-corrected chi connectivity index (χ4v) is 3.87.